The summed E-state index contributed by atoms with van der Waals surface area (Å²) in [6, 6.07) is 39.0. The van der Waals surface area contributed by atoms with Gasteiger partial charge < -0.3 is 49.7 Å². The lowest BCUT2D eigenvalue weighted by Gasteiger charge is -2.36. The van der Waals surface area contributed by atoms with Crippen molar-refractivity contribution in [3.05, 3.63) is 190 Å². The number of carbonyl (C=O) groups is 4. The van der Waals surface area contributed by atoms with Crippen molar-refractivity contribution >= 4 is 57.4 Å². The number of anilines is 2. The number of piperidine rings is 1. The third kappa shape index (κ3) is 10.7. The summed E-state index contributed by atoms with van der Waals surface area (Å²) in [5.74, 6) is -0.196. The van der Waals surface area contributed by atoms with Gasteiger partial charge in [0, 0.05) is 31.9 Å². The Morgan fingerprint density at radius 3 is 1.39 bits per heavy atom. The van der Waals surface area contributed by atoms with E-state index in [1.807, 2.05) is 81.4 Å². The molecule has 0 unspecified atom stereocenters. The van der Waals surface area contributed by atoms with Crippen molar-refractivity contribution in [3.8, 4) is 0 Å². The smallest absolute Gasteiger partial charge is 0.407 e. The van der Waals surface area contributed by atoms with Gasteiger partial charge in [0.05, 0.1) is 60.5 Å². The maximum absolute atomic E-state index is 17.0. The van der Waals surface area contributed by atoms with Crippen LogP contribution in [-0.2, 0) is 44.7 Å². The van der Waals surface area contributed by atoms with Crippen LogP contribution in [0.15, 0.2) is 127 Å². The summed E-state index contributed by atoms with van der Waals surface area (Å²) in [5.41, 5.74) is 11.3. The average Bonchev–Trinajstić information content (AvgIpc) is 1.96. The number of nitrogens with zero attached hydrogens (tertiary/aromatic N) is 6. The van der Waals surface area contributed by atoms with Gasteiger partial charge in [0.15, 0.2) is 11.6 Å². The number of benzene rings is 6. The second-order valence-electron chi connectivity index (χ2n) is 24.7. The van der Waals surface area contributed by atoms with Crippen molar-refractivity contribution in [2.45, 2.75) is 119 Å². The highest BCUT2D eigenvalue weighted by Gasteiger charge is 2.44. The molecule has 4 N–H and O–H groups in total. The normalized spacial score (nSPS) is 21.4. The number of likely N-dealkylation sites (tertiary alicyclic amines) is 2. The van der Waals surface area contributed by atoms with Gasteiger partial charge in [0.25, 0.3) is 0 Å². The molecule has 448 valence electrons. The topological polar surface area (TPSA) is 181 Å². The molecule has 0 spiro atoms. The molecule has 6 atom stereocenters. The molecule has 87 heavy (non-hydrogen) atoms. The Morgan fingerprint density at radius 2 is 0.954 bits per heavy atom. The molecule has 2 aromatic heterocycles. The summed E-state index contributed by atoms with van der Waals surface area (Å²) in [6.07, 6.45) is 7.17. The fourth-order valence-electron chi connectivity index (χ4n) is 15.6. The fourth-order valence-corrected chi connectivity index (χ4v) is 15.6. The Hall–Kier alpha value is -8.80. The van der Waals surface area contributed by atoms with Crippen LogP contribution in [0.25, 0.3) is 22.1 Å². The zero-order valence-electron chi connectivity index (χ0n) is 49.0. The molecule has 8 aromatic rings. The van der Waals surface area contributed by atoms with Crippen LogP contribution in [0.4, 0.5) is 29.7 Å². The van der Waals surface area contributed by atoms with E-state index in [1.54, 1.807) is 0 Å². The number of aromatic nitrogens is 4. The van der Waals surface area contributed by atoms with Gasteiger partial charge in [0.2, 0.25) is 11.8 Å². The Bertz CT molecular complexity index is 3650. The molecule has 4 aliphatic heterocycles. The van der Waals surface area contributed by atoms with Crippen molar-refractivity contribution in [3.63, 3.8) is 0 Å². The molecular weight excluding hydrogens is 1100 g/mol. The number of methoxy groups -OCH3 is 2. The second kappa shape index (κ2) is 23.5. The van der Waals surface area contributed by atoms with Crippen molar-refractivity contribution in [1.29, 1.82) is 0 Å². The van der Waals surface area contributed by atoms with Crippen molar-refractivity contribution in [2.24, 2.45) is 11.8 Å². The van der Waals surface area contributed by atoms with E-state index < -0.39 is 35.9 Å². The predicted octanol–water partition coefficient (Wildman–Crippen LogP) is 11.8. The zero-order valence-corrected chi connectivity index (χ0v) is 49.0. The van der Waals surface area contributed by atoms with Crippen molar-refractivity contribution < 1.29 is 37.4 Å². The molecule has 6 heterocycles. The van der Waals surface area contributed by atoms with E-state index in [9.17, 15) is 19.2 Å². The number of fused-ring (bicyclic) bond motifs is 4. The predicted molar refractivity (Wildman–Crippen MR) is 327 cm³/mol. The molecule has 0 saturated carbocycles. The highest BCUT2D eigenvalue weighted by Crippen LogP contribution is 2.50. The summed E-state index contributed by atoms with van der Waals surface area (Å²) in [6.45, 7) is 2.08. The van der Waals surface area contributed by atoms with E-state index in [4.69, 9.17) is 19.4 Å². The van der Waals surface area contributed by atoms with Gasteiger partial charge in [-0.05, 0) is 170 Å². The minimum Gasteiger partial charge on any atom is -0.453 e. The van der Waals surface area contributed by atoms with Crippen LogP contribution in [-0.4, -0.2) is 106 Å². The molecule has 6 aliphatic rings. The lowest BCUT2D eigenvalue weighted by atomic mass is 9.89. The SMILES string of the molecule is COC(=O)N[C@H](C(=O)N1CCC[C@H]1c1nc2ccc([C@H]3CC[C@H](c4ccc5nc([C@@H]6CCCN6C(=O)[C@@H](NC(=O)OC)C6Cc7ccccc7C6)[nH]c5c4)N3c3cc(F)c(N4CCC(c5ccccc5)CC4)c(F)c3)cc2[nH]1)C1Cc2ccccc2C1. The number of aromatic amines is 2. The summed E-state index contributed by atoms with van der Waals surface area (Å²) in [5, 5.41) is 5.80. The average molecular weight is 1180 g/mol. The number of carbonyl (C=O) groups excluding carboxylic acids is 4. The Labute approximate surface area is 504 Å². The standard InChI is InChI=1S/C69H72F2N10O6/c1-86-68(84)76-61(48-32-42-14-6-7-15-43(42)33-48)66(82)79-28-10-18-59(79)64-72-53-22-20-46(36-55(53)74-64)57-24-25-58(81(57)50-38-51(70)63(52(71)39-50)78-30-26-41(27-31-78)40-12-4-3-5-13-40)47-21-23-54-56(37-47)75-65(73-54)60-19-11-29-80(60)67(83)62(77-69(85)87-2)49-34-44-16-8-9-17-45(44)35-49/h3-9,12-17,20-23,36-39,41,48-49,57-62H,10-11,18-19,24-35H2,1-2H3,(H,72,74)(H,73,75)(H,76,84)(H,77,85)/t57-,58-,59+,60+,61+,62+/m1/s1. The molecule has 0 radical (unpaired) electrons. The second-order valence-corrected chi connectivity index (χ2v) is 24.7. The third-order valence-electron chi connectivity index (χ3n) is 19.8. The summed E-state index contributed by atoms with van der Waals surface area (Å²) < 4.78 is 44.1. The summed E-state index contributed by atoms with van der Waals surface area (Å²) >= 11 is 0. The molecule has 4 amide bonds. The fraction of sp³-hybridized carbons (Fsp3) is 0.391. The van der Waals surface area contributed by atoms with E-state index >= 15 is 8.78 Å². The Kier molecular flexibility index (Phi) is 15.1. The van der Waals surface area contributed by atoms with Gasteiger partial charge in [-0.25, -0.2) is 28.3 Å². The number of H-pyrrole nitrogens is 2. The van der Waals surface area contributed by atoms with Crippen LogP contribution in [0.5, 0.6) is 0 Å². The Morgan fingerprint density at radius 1 is 0.517 bits per heavy atom. The first-order valence-electron chi connectivity index (χ1n) is 31.0. The van der Waals surface area contributed by atoms with Gasteiger partial charge in [-0.3, -0.25) is 9.59 Å². The van der Waals surface area contributed by atoms with Crippen LogP contribution < -0.4 is 20.4 Å². The van der Waals surface area contributed by atoms with Gasteiger partial charge in [-0.2, -0.15) is 0 Å². The van der Waals surface area contributed by atoms with Gasteiger partial charge in [-0.15, -0.1) is 0 Å². The first kappa shape index (κ1) is 56.0. The largest absolute Gasteiger partial charge is 0.453 e. The first-order valence-corrected chi connectivity index (χ1v) is 31.0. The number of imidazole rings is 2. The molecule has 6 aromatic carbocycles. The lowest BCUT2D eigenvalue weighted by Crippen LogP contribution is -2.52. The number of alkyl carbamates (subject to hydrolysis) is 2. The highest BCUT2D eigenvalue weighted by atomic mass is 19.1. The molecule has 18 heteroatoms. The number of nitrogens with one attached hydrogen (secondary N) is 4. The van der Waals surface area contributed by atoms with E-state index in [0.29, 0.717) is 101 Å². The van der Waals surface area contributed by atoms with Crippen molar-refractivity contribution in [1.82, 2.24) is 40.4 Å². The quantitative estimate of drug-likeness (QED) is 0.0867. The number of rotatable bonds is 13. The van der Waals surface area contributed by atoms with E-state index in [-0.39, 0.29) is 53.5 Å². The van der Waals surface area contributed by atoms with Gasteiger partial charge >= 0.3 is 12.2 Å². The van der Waals surface area contributed by atoms with E-state index in [2.05, 4.69) is 74.0 Å². The molecule has 4 fully saturated rings. The maximum atomic E-state index is 17.0. The molecule has 0 bridgehead atoms. The van der Waals surface area contributed by atoms with Crippen LogP contribution in [0.2, 0.25) is 0 Å². The molecule has 4 saturated heterocycles. The highest BCUT2D eigenvalue weighted by molar-refractivity contribution is 5.88. The van der Waals surface area contributed by atoms with Gasteiger partial charge in [0.1, 0.15) is 29.4 Å². The summed E-state index contributed by atoms with van der Waals surface area (Å²) in [7, 11) is 2.62. The molecular formula is C69H72F2N10O6. The third-order valence-corrected chi connectivity index (χ3v) is 19.8. The number of halogens is 2. The van der Waals surface area contributed by atoms with Gasteiger partial charge in [-0.1, -0.05) is 91.0 Å². The molecule has 2 aliphatic carbocycles. The van der Waals surface area contributed by atoms with E-state index in [0.717, 1.165) is 58.9 Å². The van der Waals surface area contributed by atoms with Crippen molar-refractivity contribution in [2.75, 3.05) is 50.2 Å². The van der Waals surface area contributed by atoms with Crippen LogP contribution in [0, 0.1) is 23.5 Å². The maximum Gasteiger partial charge on any atom is 0.407 e. The minimum absolute atomic E-state index is 0.00396. The first-order chi connectivity index (χ1) is 42.5. The minimum atomic E-state index is -0.792. The number of amides is 4. The lowest BCUT2D eigenvalue weighted by molar-refractivity contribution is -0.136. The van der Waals surface area contributed by atoms with Crippen LogP contribution >= 0.6 is 0 Å². The van der Waals surface area contributed by atoms with Crippen LogP contribution in [0.3, 0.4) is 0 Å². The number of ether oxygens (including phenoxy) is 2. The molecule has 14 rings (SSSR count). The zero-order chi connectivity index (χ0) is 59.4. The number of hydrogen-bond donors (Lipinski definition) is 4. The van der Waals surface area contributed by atoms with Crippen LogP contribution in [0.1, 0.15) is 132 Å². The van der Waals surface area contributed by atoms with E-state index in [1.165, 1.54) is 54.2 Å². The summed E-state index contributed by atoms with van der Waals surface area (Å²) in [4.78, 5) is 80.2. The monoisotopic (exact) mass is 1170 g/mol. The Balaban J connectivity index is 0.760. The molecule has 16 nitrogen and oxygen atoms in total. The number of hydrogen-bond acceptors (Lipinski definition) is 10.